The lowest BCUT2D eigenvalue weighted by atomic mass is 10.1. The molecule has 11 heteroatoms. The third kappa shape index (κ3) is 8.25. The molecule has 36 heavy (non-hydrogen) atoms. The van der Waals surface area contributed by atoms with Crippen LogP contribution in [0, 0.1) is 23.4 Å². The molecule has 2 amide bonds. The van der Waals surface area contributed by atoms with Crippen LogP contribution in [0.3, 0.4) is 0 Å². The molecule has 0 bridgehead atoms. The number of benzene rings is 2. The van der Waals surface area contributed by atoms with Crippen molar-refractivity contribution in [2.75, 3.05) is 23.7 Å². The molecule has 0 aliphatic carbocycles. The summed E-state index contributed by atoms with van der Waals surface area (Å²) >= 11 is 0. The smallest absolute Gasteiger partial charge is 0.242 e. The van der Waals surface area contributed by atoms with Gasteiger partial charge in [-0.25, -0.2) is 21.6 Å². The minimum Gasteiger partial charge on any atom is -0.354 e. The maximum absolute atomic E-state index is 14.3. The van der Waals surface area contributed by atoms with Crippen LogP contribution in [0.4, 0.5) is 18.9 Å². The Bertz CT molecular complexity index is 1170. The normalized spacial score (nSPS) is 12.3. The number of sulfonamides is 1. The molecule has 0 saturated heterocycles. The summed E-state index contributed by atoms with van der Waals surface area (Å²) in [6.07, 6.45) is 0.784. The Labute approximate surface area is 210 Å². The fourth-order valence-corrected chi connectivity index (χ4v) is 4.45. The lowest BCUT2D eigenvalue weighted by Gasteiger charge is -2.29. The van der Waals surface area contributed by atoms with Crippen LogP contribution in [0.25, 0.3) is 0 Å². The molecule has 0 saturated carbocycles. The van der Waals surface area contributed by atoms with Crippen molar-refractivity contribution in [3.63, 3.8) is 0 Å². The number of amides is 2. The first-order valence-electron chi connectivity index (χ1n) is 11.5. The van der Waals surface area contributed by atoms with Crippen LogP contribution in [0.2, 0.25) is 0 Å². The van der Waals surface area contributed by atoms with Gasteiger partial charge in [0.25, 0.3) is 0 Å². The van der Waals surface area contributed by atoms with Crippen molar-refractivity contribution < 1.29 is 31.2 Å². The van der Waals surface area contributed by atoms with Gasteiger partial charge in [-0.15, -0.1) is 0 Å². The van der Waals surface area contributed by atoms with E-state index in [2.05, 4.69) is 5.32 Å². The number of hydrogen-bond donors (Lipinski definition) is 1. The lowest BCUT2D eigenvalue weighted by Crippen LogP contribution is -2.48. The van der Waals surface area contributed by atoms with E-state index in [9.17, 15) is 31.2 Å². The number of halogens is 3. The minimum absolute atomic E-state index is 0.0268. The van der Waals surface area contributed by atoms with Crippen molar-refractivity contribution in [3.8, 4) is 0 Å². The van der Waals surface area contributed by atoms with E-state index < -0.39 is 45.3 Å². The fourth-order valence-electron chi connectivity index (χ4n) is 3.49. The topological polar surface area (TPSA) is 86.8 Å². The van der Waals surface area contributed by atoms with E-state index in [0.29, 0.717) is 6.54 Å². The Hall–Kier alpha value is -3.08. The summed E-state index contributed by atoms with van der Waals surface area (Å²) in [4.78, 5) is 27.1. The van der Waals surface area contributed by atoms with Crippen molar-refractivity contribution in [1.82, 2.24) is 10.2 Å². The number of nitrogens with zero attached hydrogens (tertiary/aromatic N) is 2. The molecule has 0 radical (unpaired) electrons. The Morgan fingerprint density at radius 2 is 1.64 bits per heavy atom. The molecule has 0 aromatic heterocycles. The van der Waals surface area contributed by atoms with Crippen molar-refractivity contribution in [2.24, 2.45) is 5.92 Å². The molecule has 0 aliphatic heterocycles. The van der Waals surface area contributed by atoms with Crippen LogP contribution in [-0.4, -0.2) is 50.5 Å². The second kappa shape index (κ2) is 12.8. The van der Waals surface area contributed by atoms with Crippen LogP contribution >= 0.6 is 0 Å². The highest BCUT2D eigenvalue weighted by atomic mass is 32.2. The van der Waals surface area contributed by atoms with Gasteiger partial charge in [0.1, 0.15) is 11.9 Å². The highest BCUT2D eigenvalue weighted by Gasteiger charge is 2.27. The average Bonchev–Trinajstić information content (AvgIpc) is 2.80. The summed E-state index contributed by atoms with van der Waals surface area (Å²) in [5.74, 6) is -3.52. The van der Waals surface area contributed by atoms with Gasteiger partial charge in [-0.3, -0.25) is 13.9 Å². The lowest BCUT2D eigenvalue weighted by molar-refractivity contribution is -0.140. The Morgan fingerprint density at radius 3 is 2.22 bits per heavy atom. The molecule has 1 atom stereocenters. The largest absolute Gasteiger partial charge is 0.354 e. The Balaban J connectivity index is 2.19. The van der Waals surface area contributed by atoms with E-state index in [1.165, 1.54) is 23.1 Å². The molecule has 0 heterocycles. The van der Waals surface area contributed by atoms with Crippen LogP contribution in [0.1, 0.15) is 39.2 Å². The predicted molar refractivity (Wildman–Crippen MR) is 132 cm³/mol. The minimum atomic E-state index is -3.86. The van der Waals surface area contributed by atoms with Gasteiger partial charge in [-0.1, -0.05) is 32.0 Å². The van der Waals surface area contributed by atoms with E-state index in [1.54, 1.807) is 13.0 Å². The molecule has 0 unspecified atom stereocenters. The molecular weight excluding hydrogens is 495 g/mol. The van der Waals surface area contributed by atoms with Gasteiger partial charge in [-0.05, 0) is 37.5 Å². The quantitative estimate of drug-likeness (QED) is 0.455. The highest BCUT2D eigenvalue weighted by Crippen LogP contribution is 2.22. The Morgan fingerprint density at radius 1 is 0.972 bits per heavy atom. The SMILES string of the molecule is CC(C)CNC(=O)[C@H](C)N(Cc1ccccc1F)C(=O)CCCN(c1ccc(F)c(F)c1)S(C)(=O)=O. The van der Waals surface area contributed by atoms with Gasteiger partial charge < -0.3 is 10.2 Å². The van der Waals surface area contributed by atoms with Gasteiger partial charge in [-0.2, -0.15) is 0 Å². The first kappa shape index (κ1) is 29.2. The molecule has 2 aromatic carbocycles. The summed E-state index contributed by atoms with van der Waals surface area (Å²) in [7, 11) is -3.86. The molecule has 7 nitrogen and oxygen atoms in total. The second-order valence-corrected chi connectivity index (χ2v) is 10.9. The molecule has 1 N–H and O–H groups in total. The number of rotatable bonds is 12. The average molecular weight is 528 g/mol. The van der Waals surface area contributed by atoms with Gasteiger partial charge in [0.2, 0.25) is 21.8 Å². The zero-order chi connectivity index (χ0) is 27.0. The molecule has 2 aromatic rings. The van der Waals surface area contributed by atoms with E-state index >= 15 is 0 Å². The number of anilines is 1. The summed E-state index contributed by atoms with van der Waals surface area (Å²) in [6.45, 7) is 5.46. The highest BCUT2D eigenvalue weighted by molar-refractivity contribution is 7.92. The third-order valence-corrected chi connectivity index (χ3v) is 6.69. The maximum Gasteiger partial charge on any atom is 0.242 e. The predicted octanol–water partition coefficient (Wildman–Crippen LogP) is 3.84. The van der Waals surface area contributed by atoms with E-state index in [4.69, 9.17) is 0 Å². The monoisotopic (exact) mass is 527 g/mol. The molecule has 2 rings (SSSR count). The van der Waals surface area contributed by atoms with Crippen LogP contribution in [0.5, 0.6) is 0 Å². The summed E-state index contributed by atoms with van der Waals surface area (Å²) in [6, 6.07) is 7.72. The number of nitrogens with one attached hydrogen (secondary N) is 1. The van der Waals surface area contributed by atoms with E-state index in [-0.39, 0.29) is 43.1 Å². The first-order chi connectivity index (χ1) is 16.8. The van der Waals surface area contributed by atoms with Crippen LogP contribution in [0.15, 0.2) is 42.5 Å². The molecular formula is C25H32F3N3O4S. The fraction of sp³-hybridized carbons (Fsp3) is 0.440. The third-order valence-electron chi connectivity index (χ3n) is 5.49. The van der Waals surface area contributed by atoms with Gasteiger partial charge in [0.15, 0.2) is 11.6 Å². The van der Waals surface area contributed by atoms with Gasteiger partial charge in [0.05, 0.1) is 11.9 Å². The van der Waals surface area contributed by atoms with Crippen molar-refractivity contribution in [1.29, 1.82) is 0 Å². The molecule has 0 aliphatic rings. The van der Waals surface area contributed by atoms with Crippen LogP contribution in [-0.2, 0) is 26.2 Å². The molecule has 0 fully saturated rings. The number of carbonyl (C=O) groups is 2. The first-order valence-corrected chi connectivity index (χ1v) is 13.4. The summed E-state index contributed by atoms with van der Waals surface area (Å²) in [5.41, 5.74) is 0.155. The second-order valence-electron chi connectivity index (χ2n) is 8.97. The maximum atomic E-state index is 14.3. The summed E-state index contributed by atoms with van der Waals surface area (Å²) < 4.78 is 66.7. The van der Waals surface area contributed by atoms with Crippen molar-refractivity contribution in [2.45, 2.75) is 46.2 Å². The van der Waals surface area contributed by atoms with E-state index in [1.807, 2.05) is 13.8 Å². The van der Waals surface area contributed by atoms with E-state index in [0.717, 1.165) is 28.8 Å². The van der Waals surface area contributed by atoms with Gasteiger partial charge >= 0.3 is 0 Å². The van der Waals surface area contributed by atoms with Crippen molar-refractivity contribution in [3.05, 3.63) is 65.5 Å². The zero-order valence-corrected chi connectivity index (χ0v) is 21.6. The van der Waals surface area contributed by atoms with Gasteiger partial charge in [0, 0.05) is 37.7 Å². The number of carbonyl (C=O) groups excluding carboxylic acids is 2. The summed E-state index contributed by atoms with van der Waals surface area (Å²) in [5, 5.41) is 2.76. The number of hydrogen-bond acceptors (Lipinski definition) is 4. The standard InChI is InChI=1S/C25H32F3N3O4S/c1-17(2)15-29-25(33)18(3)30(16-19-8-5-6-9-21(19)26)24(32)10-7-13-31(36(4,34)35)20-11-12-22(27)23(28)14-20/h5-6,8-9,11-12,14,17-18H,7,10,13,15-16H2,1-4H3,(H,29,33)/t18-/m0/s1. The van der Waals surface area contributed by atoms with Crippen molar-refractivity contribution >= 4 is 27.5 Å². The molecule has 0 spiro atoms. The molecule has 198 valence electrons. The zero-order valence-electron chi connectivity index (χ0n) is 20.8. The Kier molecular flexibility index (Phi) is 10.3. The van der Waals surface area contributed by atoms with Crippen LogP contribution < -0.4 is 9.62 Å².